The second kappa shape index (κ2) is 9.53. The van der Waals surface area contributed by atoms with Crippen LogP contribution in [0.15, 0.2) is 42.5 Å². The first-order valence-corrected chi connectivity index (χ1v) is 10.3. The highest BCUT2D eigenvalue weighted by molar-refractivity contribution is 6.35. The molecule has 6 heteroatoms. The third kappa shape index (κ3) is 5.79. The molecule has 28 heavy (non-hydrogen) atoms. The molecule has 0 saturated heterocycles. The molecule has 0 radical (unpaired) electrons. The number of hydrogen-bond acceptors (Lipinski definition) is 4. The third-order valence-electron chi connectivity index (χ3n) is 4.84. The molecule has 4 nitrogen and oxygen atoms in total. The summed E-state index contributed by atoms with van der Waals surface area (Å²) < 4.78 is 17.0. The zero-order valence-corrected chi connectivity index (χ0v) is 17.5. The van der Waals surface area contributed by atoms with Crippen molar-refractivity contribution in [2.45, 2.75) is 51.7 Å². The molecule has 1 atom stereocenters. The van der Waals surface area contributed by atoms with Gasteiger partial charge in [-0.05, 0) is 81.0 Å². The van der Waals surface area contributed by atoms with Gasteiger partial charge in [0.2, 0.25) is 0 Å². The van der Waals surface area contributed by atoms with Crippen LogP contribution in [0.3, 0.4) is 0 Å². The van der Waals surface area contributed by atoms with Crippen molar-refractivity contribution < 1.29 is 19.0 Å². The molecular formula is C22H24Cl2O4. The fourth-order valence-electron chi connectivity index (χ4n) is 3.13. The van der Waals surface area contributed by atoms with Crippen molar-refractivity contribution in [3.8, 4) is 17.2 Å². The molecule has 0 heterocycles. The van der Waals surface area contributed by atoms with E-state index in [2.05, 4.69) is 6.92 Å². The minimum absolute atomic E-state index is 0.00894. The first kappa shape index (κ1) is 20.8. The summed E-state index contributed by atoms with van der Waals surface area (Å²) >= 11 is 12.0. The summed E-state index contributed by atoms with van der Waals surface area (Å²) in [6.45, 7) is 3.93. The number of esters is 1. The average molecular weight is 423 g/mol. The van der Waals surface area contributed by atoms with Gasteiger partial charge in [0.1, 0.15) is 23.4 Å². The lowest BCUT2D eigenvalue weighted by Gasteiger charge is -2.27. The van der Waals surface area contributed by atoms with Gasteiger partial charge in [-0.3, -0.25) is 0 Å². The molecule has 0 aromatic heterocycles. The Balaban J connectivity index is 1.52. The third-order valence-corrected chi connectivity index (χ3v) is 5.37. The first-order chi connectivity index (χ1) is 13.4. The Hall–Kier alpha value is -1.91. The van der Waals surface area contributed by atoms with Crippen LogP contribution < -0.4 is 9.47 Å². The molecule has 1 unspecified atom stereocenters. The van der Waals surface area contributed by atoms with Crippen LogP contribution in [0.2, 0.25) is 10.0 Å². The molecule has 2 aromatic rings. The van der Waals surface area contributed by atoms with E-state index in [-0.39, 0.29) is 12.1 Å². The summed E-state index contributed by atoms with van der Waals surface area (Å²) in [7, 11) is 0. The van der Waals surface area contributed by atoms with E-state index in [1.54, 1.807) is 49.4 Å². The summed E-state index contributed by atoms with van der Waals surface area (Å²) in [5.74, 6) is 2.07. The van der Waals surface area contributed by atoms with Gasteiger partial charge in [-0.1, -0.05) is 30.1 Å². The maximum atomic E-state index is 12.3. The molecule has 1 saturated carbocycles. The van der Waals surface area contributed by atoms with Gasteiger partial charge in [0.25, 0.3) is 0 Å². The Kier molecular flexibility index (Phi) is 7.08. The van der Waals surface area contributed by atoms with Crippen molar-refractivity contribution in [1.29, 1.82) is 0 Å². The molecule has 0 amide bonds. The summed E-state index contributed by atoms with van der Waals surface area (Å²) in [6, 6.07) is 12.0. The lowest BCUT2D eigenvalue weighted by molar-refractivity contribution is -0.158. The maximum absolute atomic E-state index is 12.3. The van der Waals surface area contributed by atoms with Gasteiger partial charge >= 0.3 is 5.97 Å². The maximum Gasteiger partial charge on any atom is 0.347 e. The van der Waals surface area contributed by atoms with Crippen LogP contribution in [0.1, 0.15) is 39.5 Å². The molecular weight excluding hydrogens is 399 g/mol. The quantitative estimate of drug-likeness (QED) is 0.487. The van der Waals surface area contributed by atoms with E-state index < -0.39 is 6.10 Å². The number of benzene rings is 2. The van der Waals surface area contributed by atoms with Crippen molar-refractivity contribution in [3.63, 3.8) is 0 Å². The standard InChI is InChI=1S/C22H24Cl2O4/c1-14-3-6-19(7-4-14)28-22(25)15(2)26-17-8-10-18(11-9-17)27-21-12-5-16(23)13-20(21)24/h5,8-15,19H,3-4,6-7H2,1-2H3. The second-order valence-corrected chi connectivity index (χ2v) is 8.07. The molecule has 2 aromatic carbocycles. The fourth-order valence-corrected chi connectivity index (χ4v) is 3.58. The van der Waals surface area contributed by atoms with Gasteiger partial charge in [0.15, 0.2) is 6.10 Å². The van der Waals surface area contributed by atoms with Crippen LogP contribution in [-0.2, 0) is 9.53 Å². The number of hydrogen-bond donors (Lipinski definition) is 0. The zero-order chi connectivity index (χ0) is 20.1. The van der Waals surface area contributed by atoms with Crippen LogP contribution in [-0.4, -0.2) is 18.2 Å². The normalized spacial score (nSPS) is 20.3. The van der Waals surface area contributed by atoms with Crippen molar-refractivity contribution in [2.24, 2.45) is 5.92 Å². The first-order valence-electron chi connectivity index (χ1n) is 9.51. The van der Waals surface area contributed by atoms with Gasteiger partial charge in [0, 0.05) is 5.02 Å². The molecule has 0 spiro atoms. The van der Waals surface area contributed by atoms with E-state index in [0.717, 1.165) is 25.7 Å². The monoisotopic (exact) mass is 422 g/mol. The Morgan fingerprint density at radius 1 is 1.00 bits per heavy atom. The predicted molar refractivity (Wildman–Crippen MR) is 111 cm³/mol. The number of carbonyl (C=O) groups excluding carboxylic acids is 1. The van der Waals surface area contributed by atoms with E-state index in [1.807, 2.05) is 0 Å². The number of rotatable bonds is 6. The van der Waals surface area contributed by atoms with Crippen molar-refractivity contribution >= 4 is 29.2 Å². The van der Waals surface area contributed by atoms with E-state index in [9.17, 15) is 4.79 Å². The highest BCUT2D eigenvalue weighted by Crippen LogP contribution is 2.32. The van der Waals surface area contributed by atoms with Crippen molar-refractivity contribution in [3.05, 3.63) is 52.5 Å². The predicted octanol–water partition coefficient (Wildman–Crippen LogP) is 6.67. The van der Waals surface area contributed by atoms with Crippen molar-refractivity contribution in [2.75, 3.05) is 0 Å². The molecule has 3 rings (SSSR count). The average Bonchev–Trinajstić information content (AvgIpc) is 2.67. The molecule has 150 valence electrons. The van der Waals surface area contributed by atoms with Gasteiger partial charge < -0.3 is 14.2 Å². The zero-order valence-electron chi connectivity index (χ0n) is 16.0. The molecule has 1 fully saturated rings. The van der Waals surface area contributed by atoms with Crippen LogP contribution in [0.25, 0.3) is 0 Å². The van der Waals surface area contributed by atoms with E-state index >= 15 is 0 Å². The van der Waals surface area contributed by atoms with Gasteiger partial charge in [-0.15, -0.1) is 0 Å². The smallest absolute Gasteiger partial charge is 0.347 e. The summed E-state index contributed by atoms with van der Waals surface area (Å²) in [4.78, 5) is 12.3. The SMILES string of the molecule is CC1CCC(OC(=O)C(C)Oc2ccc(Oc3ccc(Cl)cc3Cl)cc2)CC1. The Bertz CT molecular complexity index is 799. The number of carbonyl (C=O) groups is 1. The highest BCUT2D eigenvalue weighted by Gasteiger charge is 2.25. The van der Waals surface area contributed by atoms with E-state index in [4.69, 9.17) is 37.4 Å². The highest BCUT2D eigenvalue weighted by atomic mass is 35.5. The van der Waals surface area contributed by atoms with E-state index in [1.165, 1.54) is 0 Å². The Morgan fingerprint density at radius 2 is 1.64 bits per heavy atom. The lowest BCUT2D eigenvalue weighted by atomic mass is 9.89. The van der Waals surface area contributed by atoms with Gasteiger partial charge in [-0.2, -0.15) is 0 Å². The van der Waals surface area contributed by atoms with Crippen LogP contribution in [0.5, 0.6) is 17.2 Å². The second-order valence-electron chi connectivity index (χ2n) is 7.23. The topological polar surface area (TPSA) is 44.8 Å². The molecule has 0 aliphatic heterocycles. The Morgan fingerprint density at radius 3 is 2.29 bits per heavy atom. The van der Waals surface area contributed by atoms with E-state index in [0.29, 0.717) is 33.2 Å². The largest absolute Gasteiger partial charge is 0.479 e. The van der Waals surface area contributed by atoms with Crippen LogP contribution in [0.4, 0.5) is 0 Å². The minimum atomic E-state index is -0.670. The summed E-state index contributed by atoms with van der Waals surface area (Å²) in [5.41, 5.74) is 0. The molecule has 1 aliphatic carbocycles. The van der Waals surface area contributed by atoms with Gasteiger partial charge in [0.05, 0.1) is 5.02 Å². The summed E-state index contributed by atoms with van der Waals surface area (Å²) in [6.07, 6.45) is 3.41. The lowest BCUT2D eigenvalue weighted by Crippen LogP contribution is -2.32. The number of halogens is 2. The Labute approximate surface area is 175 Å². The van der Waals surface area contributed by atoms with Crippen LogP contribution in [0, 0.1) is 5.92 Å². The number of ether oxygens (including phenoxy) is 3. The molecule has 0 bridgehead atoms. The van der Waals surface area contributed by atoms with Crippen molar-refractivity contribution in [1.82, 2.24) is 0 Å². The molecule has 1 aliphatic rings. The minimum Gasteiger partial charge on any atom is -0.479 e. The molecule has 0 N–H and O–H groups in total. The fraction of sp³-hybridized carbons (Fsp3) is 0.409. The van der Waals surface area contributed by atoms with Crippen LogP contribution >= 0.6 is 23.2 Å². The summed E-state index contributed by atoms with van der Waals surface area (Å²) in [5, 5.41) is 0.978. The van der Waals surface area contributed by atoms with Gasteiger partial charge in [-0.25, -0.2) is 4.79 Å².